The number of nitrogens with zero attached hydrogens (tertiary/aromatic N) is 1. The first-order valence-electron chi connectivity index (χ1n) is 7.43. The number of nitrogens with one attached hydrogen (secondary N) is 1. The smallest absolute Gasteiger partial charge is 0.328 e. The van der Waals surface area contributed by atoms with Gasteiger partial charge in [0.1, 0.15) is 0 Å². The Labute approximate surface area is 149 Å². The number of aromatic nitrogens is 2. The van der Waals surface area contributed by atoms with Crippen LogP contribution in [0.3, 0.4) is 0 Å². The molecule has 0 bridgehead atoms. The topological polar surface area (TPSA) is 120 Å². The van der Waals surface area contributed by atoms with Crippen molar-refractivity contribution in [2.75, 3.05) is 0 Å². The normalized spacial score (nSPS) is 10.4. The minimum Gasteiger partial charge on any atom is -0.478 e. The summed E-state index contributed by atoms with van der Waals surface area (Å²) in [7, 11) is 0. The van der Waals surface area contributed by atoms with Crippen LogP contribution in [0.2, 0.25) is 0 Å². The molecule has 0 spiro atoms. The maximum Gasteiger partial charge on any atom is 0.328 e. The molecular formula is C17H20N2O5S. The van der Waals surface area contributed by atoms with E-state index in [2.05, 4.69) is 9.97 Å². The Morgan fingerprint density at radius 3 is 2.16 bits per heavy atom. The van der Waals surface area contributed by atoms with Crippen molar-refractivity contribution in [3.05, 3.63) is 51.3 Å². The van der Waals surface area contributed by atoms with E-state index >= 15 is 0 Å². The maximum atomic E-state index is 12.1. The van der Waals surface area contributed by atoms with Crippen LogP contribution in [-0.4, -0.2) is 37.9 Å². The maximum absolute atomic E-state index is 12.1. The molecule has 2 heterocycles. The van der Waals surface area contributed by atoms with Crippen molar-refractivity contribution in [2.45, 2.75) is 33.6 Å². The van der Waals surface area contributed by atoms with Gasteiger partial charge in [-0.05, 0) is 33.3 Å². The van der Waals surface area contributed by atoms with Crippen molar-refractivity contribution >= 4 is 29.1 Å². The van der Waals surface area contributed by atoms with Gasteiger partial charge in [0.2, 0.25) is 0 Å². The number of H-pyrrole nitrogens is 1. The highest BCUT2D eigenvalue weighted by atomic mass is 32.1. The molecule has 0 atom stereocenters. The molecule has 7 nitrogen and oxygen atoms in total. The molecule has 0 aliphatic heterocycles. The zero-order valence-electron chi connectivity index (χ0n) is 14.2. The zero-order chi connectivity index (χ0) is 19.0. The van der Waals surface area contributed by atoms with E-state index in [-0.39, 0.29) is 5.78 Å². The molecule has 0 aliphatic carbocycles. The number of rotatable bonds is 6. The average molecular weight is 364 g/mol. The third-order valence-corrected chi connectivity index (χ3v) is 4.20. The van der Waals surface area contributed by atoms with Crippen LogP contribution in [0.4, 0.5) is 0 Å². The summed E-state index contributed by atoms with van der Waals surface area (Å²) in [6.45, 7) is 6.02. The van der Waals surface area contributed by atoms with Gasteiger partial charge in [-0.2, -0.15) is 0 Å². The first-order valence-corrected chi connectivity index (χ1v) is 8.25. The number of carbonyl (C=O) groups excluding carboxylic acids is 1. The van der Waals surface area contributed by atoms with Gasteiger partial charge in [-0.25, -0.2) is 14.6 Å². The summed E-state index contributed by atoms with van der Waals surface area (Å²) in [6, 6.07) is 1.99. The summed E-state index contributed by atoms with van der Waals surface area (Å²) >= 11 is 1.68. The van der Waals surface area contributed by atoms with Gasteiger partial charge in [-0.15, -0.1) is 11.3 Å². The molecule has 3 N–H and O–H groups in total. The molecule has 2 rings (SSSR count). The van der Waals surface area contributed by atoms with Crippen LogP contribution in [0.1, 0.15) is 37.9 Å². The number of carboxylic acid groups (broad SMARTS) is 2. The van der Waals surface area contributed by atoms with E-state index in [0.717, 1.165) is 21.8 Å². The minimum atomic E-state index is -1.26. The Balaban J connectivity index is 0.000000333. The number of imidazole rings is 1. The van der Waals surface area contributed by atoms with Gasteiger partial charge in [0.25, 0.3) is 0 Å². The second-order valence-corrected chi connectivity index (χ2v) is 6.69. The van der Waals surface area contributed by atoms with E-state index < -0.39 is 11.9 Å². The van der Waals surface area contributed by atoms with Crippen LogP contribution in [0.5, 0.6) is 0 Å². The molecule has 2 aromatic rings. The van der Waals surface area contributed by atoms with Crippen LogP contribution in [0.15, 0.2) is 24.5 Å². The highest BCUT2D eigenvalue weighted by Crippen LogP contribution is 2.22. The third-order valence-electron chi connectivity index (χ3n) is 3.23. The van der Waals surface area contributed by atoms with Crippen molar-refractivity contribution in [3.8, 4) is 0 Å². The van der Waals surface area contributed by atoms with Crippen LogP contribution in [0, 0.1) is 20.8 Å². The number of hydrogen-bond donors (Lipinski definition) is 3. The van der Waals surface area contributed by atoms with Crippen molar-refractivity contribution < 1.29 is 24.6 Å². The molecule has 2 aromatic heterocycles. The lowest BCUT2D eigenvalue weighted by Gasteiger charge is -1.99. The number of aromatic amines is 1. The first kappa shape index (κ1) is 20.3. The highest BCUT2D eigenvalue weighted by molar-refractivity contribution is 7.12. The lowest BCUT2D eigenvalue weighted by atomic mass is 10.1. The molecule has 134 valence electrons. The van der Waals surface area contributed by atoms with Crippen LogP contribution in [-0.2, 0) is 16.0 Å². The number of Topliss-reactive ketones (excluding diaryl/α,β-unsaturated/α-hetero) is 1. The fourth-order valence-electron chi connectivity index (χ4n) is 2.06. The van der Waals surface area contributed by atoms with E-state index in [4.69, 9.17) is 10.2 Å². The summed E-state index contributed by atoms with van der Waals surface area (Å²) in [5.41, 5.74) is 2.92. The standard InChI is InChI=1S/C13H16N2OS.C4H4O4/c1-8-6-11(10(3)17-8)13(16)5-4-12-9(2)14-7-15-12;5-3(6)1-2-4(7)8/h6-7H,4-5H2,1-3H3,(H,14,15);1-2H,(H,5,6)(H,7,8)/b;2-1-. The van der Waals surface area contributed by atoms with E-state index in [1.165, 1.54) is 4.88 Å². The van der Waals surface area contributed by atoms with Gasteiger partial charge < -0.3 is 15.2 Å². The molecule has 25 heavy (non-hydrogen) atoms. The van der Waals surface area contributed by atoms with Gasteiger partial charge in [0.15, 0.2) is 5.78 Å². The molecule has 0 amide bonds. The Hall–Kier alpha value is -2.74. The predicted octanol–water partition coefficient (Wildman–Crippen LogP) is 2.92. The number of carboxylic acids is 2. The van der Waals surface area contributed by atoms with E-state index in [1.807, 2.05) is 26.8 Å². The van der Waals surface area contributed by atoms with Gasteiger partial charge in [0.05, 0.1) is 12.0 Å². The van der Waals surface area contributed by atoms with Gasteiger partial charge in [-0.1, -0.05) is 0 Å². The number of thiophene rings is 1. The Bertz CT molecular complexity index is 773. The summed E-state index contributed by atoms with van der Waals surface area (Å²) < 4.78 is 0. The van der Waals surface area contributed by atoms with Crippen molar-refractivity contribution in [2.24, 2.45) is 0 Å². The molecule has 0 fully saturated rings. The molecule has 0 aromatic carbocycles. The minimum absolute atomic E-state index is 0.217. The number of aryl methyl sites for hydroxylation is 4. The van der Waals surface area contributed by atoms with Crippen molar-refractivity contribution in [3.63, 3.8) is 0 Å². The molecule has 8 heteroatoms. The number of aliphatic carboxylic acids is 2. The Morgan fingerprint density at radius 2 is 1.76 bits per heavy atom. The van der Waals surface area contributed by atoms with E-state index in [0.29, 0.717) is 25.0 Å². The Morgan fingerprint density at radius 1 is 1.16 bits per heavy atom. The first-order chi connectivity index (χ1) is 11.7. The molecule has 0 saturated heterocycles. The van der Waals surface area contributed by atoms with Gasteiger partial charge in [0, 0.05) is 39.6 Å². The monoisotopic (exact) mass is 364 g/mol. The fourth-order valence-corrected chi connectivity index (χ4v) is 3.00. The number of ketones is 1. The van der Waals surface area contributed by atoms with Crippen LogP contribution < -0.4 is 0 Å². The average Bonchev–Trinajstić information content (AvgIpc) is 3.08. The SMILES string of the molecule is Cc1cc(C(=O)CCc2nc[nH]c2C)c(C)s1.O=C(O)/C=C\C(=O)O. The van der Waals surface area contributed by atoms with Crippen molar-refractivity contribution in [1.29, 1.82) is 0 Å². The second-order valence-electron chi connectivity index (χ2n) is 5.23. The summed E-state index contributed by atoms with van der Waals surface area (Å²) in [5.74, 6) is -2.30. The number of carbonyl (C=O) groups is 3. The van der Waals surface area contributed by atoms with Crippen LogP contribution in [0.25, 0.3) is 0 Å². The number of hydrogen-bond acceptors (Lipinski definition) is 5. The fraction of sp³-hybridized carbons (Fsp3) is 0.294. The van der Waals surface area contributed by atoms with Gasteiger partial charge >= 0.3 is 11.9 Å². The zero-order valence-corrected chi connectivity index (χ0v) is 15.0. The third kappa shape index (κ3) is 7.13. The molecule has 0 saturated carbocycles. The van der Waals surface area contributed by atoms with E-state index in [9.17, 15) is 14.4 Å². The molecule has 0 aliphatic rings. The van der Waals surface area contributed by atoms with Gasteiger partial charge in [-0.3, -0.25) is 4.79 Å². The lowest BCUT2D eigenvalue weighted by molar-refractivity contribution is -0.134. The second kappa shape index (κ2) is 9.53. The summed E-state index contributed by atoms with van der Waals surface area (Å²) in [4.78, 5) is 40.7. The Kier molecular flexibility index (Phi) is 7.74. The van der Waals surface area contributed by atoms with Crippen LogP contribution >= 0.6 is 11.3 Å². The van der Waals surface area contributed by atoms with E-state index in [1.54, 1.807) is 17.7 Å². The van der Waals surface area contributed by atoms with Crippen molar-refractivity contribution in [1.82, 2.24) is 9.97 Å². The summed E-state index contributed by atoms with van der Waals surface area (Å²) in [6.07, 6.45) is 4.03. The quantitative estimate of drug-likeness (QED) is 0.535. The molecular weight excluding hydrogens is 344 g/mol. The highest BCUT2D eigenvalue weighted by Gasteiger charge is 2.13. The lowest BCUT2D eigenvalue weighted by Crippen LogP contribution is -2.02. The predicted molar refractivity (Wildman–Crippen MR) is 94.2 cm³/mol. The molecule has 0 radical (unpaired) electrons. The summed E-state index contributed by atoms with van der Waals surface area (Å²) in [5, 5.41) is 15.6. The largest absolute Gasteiger partial charge is 0.478 e. The molecule has 0 unspecified atom stereocenters.